The molecular weight excluding hydrogens is 414 g/mol. The van der Waals surface area contributed by atoms with Crippen LogP contribution in [0.15, 0.2) is 42.7 Å². The maximum Gasteiger partial charge on any atom is 0.222 e. The topological polar surface area (TPSA) is 61.7 Å². The van der Waals surface area contributed by atoms with E-state index in [9.17, 15) is 9.59 Å². The first-order valence-corrected chi connectivity index (χ1v) is 12.4. The molecule has 178 valence electrons. The van der Waals surface area contributed by atoms with Gasteiger partial charge in [0.2, 0.25) is 11.8 Å². The first-order chi connectivity index (χ1) is 16.1. The summed E-state index contributed by atoms with van der Waals surface area (Å²) in [4.78, 5) is 32.0. The SMILES string of the molecule is Cn1cc(CCC(=O)N2CCC[C@@H](CCC(=O)N3CCN(Cc4ccccc4)CC3)C2)cn1. The molecule has 2 saturated heterocycles. The monoisotopic (exact) mass is 451 g/mol. The predicted molar refractivity (Wildman–Crippen MR) is 128 cm³/mol. The molecule has 0 bridgehead atoms. The number of hydrogen-bond acceptors (Lipinski definition) is 4. The fraction of sp³-hybridized carbons (Fsp3) is 0.577. The molecule has 2 amide bonds. The van der Waals surface area contributed by atoms with Crippen LogP contribution in [0, 0.1) is 5.92 Å². The minimum absolute atomic E-state index is 0.226. The van der Waals surface area contributed by atoms with Crippen LogP contribution in [0.4, 0.5) is 0 Å². The molecule has 3 heterocycles. The number of rotatable bonds is 8. The van der Waals surface area contributed by atoms with E-state index in [0.29, 0.717) is 18.8 Å². The summed E-state index contributed by atoms with van der Waals surface area (Å²) in [5.41, 5.74) is 2.43. The van der Waals surface area contributed by atoms with E-state index in [0.717, 1.165) is 77.1 Å². The van der Waals surface area contributed by atoms with Crippen molar-refractivity contribution in [1.82, 2.24) is 24.5 Å². The summed E-state index contributed by atoms with van der Waals surface area (Å²) < 4.78 is 1.77. The highest BCUT2D eigenvalue weighted by molar-refractivity contribution is 5.77. The van der Waals surface area contributed by atoms with Crippen LogP contribution in [0.3, 0.4) is 0 Å². The van der Waals surface area contributed by atoms with Crippen LogP contribution in [0.5, 0.6) is 0 Å². The van der Waals surface area contributed by atoms with E-state index in [1.54, 1.807) is 4.68 Å². The third-order valence-corrected chi connectivity index (χ3v) is 7.00. The molecule has 33 heavy (non-hydrogen) atoms. The van der Waals surface area contributed by atoms with Crippen LogP contribution in [0.2, 0.25) is 0 Å². The molecule has 0 aliphatic carbocycles. The Hall–Kier alpha value is -2.67. The van der Waals surface area contributed by atoms with Gasteiger partial charge in [0.15, 0.2) is 0 Å². The minimum atomic E-state index is 0.226. The second-order valence-electron chi connectivity index (χ2n) is 9.55. The van der Waals surface area contributed by atoms with Gasteiger partial charge in [0, 0.05) is 71.9 Å². The zero-order chi connectivity index (χ0) is 23.0. The Morgan fingerprint density at radius 1 is 0.939 bits per heavy atom. The molecule has 1 aromatic heterocycles. The molecule has 7 nitrogen and oxygen atoms in total. The maximum absolute atomic E-state index is 12.8. The maximum atomic E-state index is 12.8. The van der Waals surface area contributed by atoms with Gasteiger partial charge in [0.1, 0.15) is 0 Å². The van der Waals surface area contributed by atoms with Gasteiger partial charge in [0.05, 0.1) is 6.20 Å². The van der Waals surface area contributed by atoms with Crippen molar-refractivity contribution in [2.75, 3.05) is 39.3 Å². The van der Waals surface area contributed by atoms with Crippen LogP contribution in [-0.2, 0) is 29.6 Å². The second kappa shape index (κ2) is 11.5. The summed E-state index contributed by atoms with van der Waals surface area (Å²) in [6, 6.07) is 10.5. The molecular formula is C26H37N5O2. The third-order valence-electron chi connectivity index (χ3n) is 7.00. The number of nitrogens with zero attached hydrogens (tertiary/aromatic N) is 5. The van der Waals surface area contributed by atoms with Crippen molar-refractivity contribution in [3.05, 3.63) is 53.9 Å². The first kappa shape index (κ1) is 23.5. The Morgan fingerprint density at radius 2 is 1.70 bits per heavy atom. The average Bonchev–Trinajstić information content (AvgIpc) is 3.27. The lowest BCUT2D eigenvalue weighted by atomic mass is 9.92. The Labute approximate surface area is 197 Å². The van der Waals surface area contributed by atoms with Gasteiger partial charge < -0.3 is 9.80 Å². The Bertz CT molecular complexity index is 904. The Balaban J connectivity index is 1.15. The molecule has 2 fully saturated rings. The molecule has 1 aromatic carbocycles. The molecule has 2 aliphatic rings. The number of aromatic nitrogens is 2. The number of amides is 2. The molecule has 1 atom stereocenters. The molecule has 2 aromatic rings. The average molecular weight is 452 g/mol. The molecule has 0 unspecified atom stereocenters. The summed E-state index contributed by atoms with van der Waals surface area (Å²) >= 11 is 0. The van der Waals surface area contributed by atoms with Crippen LogP contribution in [0.25, 0.3) is 0 Å². The fourth-order valence-corrected chi connectivity index (χ4v) is 5.02. The molecule has 0 saturated carbocycles. The summed E-state index contributed by atoms with van der Waals surface area (Å²) in [5.74, 6) is 0.934. The number of benzene rings is 1. The molecule has 0 N–H and O–H groups in total. The smallest absolute Gasteiger partial charge is 0.222 e. The number of hydrogen-bond donors (Lipinski definition) is 0. The van der Waals surface area contributed by atoms with Crippen molar-refractivity contribution in [2.45, 2.75) is 45.1 Å². The van der Waals surface area contributed by atoms with Gasteiger partial charge >= 0.3 is 0 Å². The normalized spacial score (nSPS) is 19.6. The van der Waals surface area contributed by atoms with Crippen molar-refractivity contribution in [2.24, 2.45) is 13.0 Å². The summed E-state index contributed by atoms with van der Waals surface area (Å²) in [6.07, 6.45) is 8.71. The Kier molecular flexibility index (Phi) is 8.15. The minimum Gasteiger partial charge on any atom is -0.342 e. The van der Waals surface area contributed by atoms with Gasteiger partial charge in [-0.25, -0.2) is 0 Å². The third kappa shape index (κ3) is 6.90. The highest BCUT2D eigenvalue weighted by Crippen LogP contribution is 2.23. The number of aryl methyl sites for hydroxylation is 2. The lowest BCUT2D eigenvalue weighted by molar-refractivity contribution is -0.134. The van der Waals surface area contributed by atoms with Crippen molar-refractivity contribution in [3.8, 4) is 0 Å². The van der Waals surface area contributed by atoms with Crippen LogP contribution >= 0.6 is 0 Å². The summed E-state index contributed by atoms with van der Waals surface area (Å²) in [7, 11) is 1.90. The number of piperidine rings is 1. The van der Waals surface area contributed by atoms with E-state index in [1.807, 2.05) is 35.3 Å². The fourth-order valence-electron chi connectivity index (χ4n) is 5.02. The highest BCUT2D eigenvalue weighted by Gasteiger charge is 2.26. The van der Waals surface area contributed by atoms with Crippen LogP contribution in [-0.4, -0.2) is 75.6 Å². The van der Waals surface area contributed by atoms with Crippen LogP contribution in [0.1, 0.15) is 43.2 Å². The van der Waals surface area contributed by atoms with Gasteiger partial charge in [-0.3, -0.25) is 19.2 Å². The van der Waals surface area contributed by atoms with Gasteiger partial charge in [-0.2, -0.15) is 5.10 Å². The highest BCUT2D eigenvalue weighted by atomic mass is 16.2. The number of piperazine rings is 1. The van der Waals surface area contributed by atoms with Crippen molar-refractivity contribution < 1.29 is 9.59 Å². The van der Waals surface area contributed by atoms with Gasteiger partial charge in [-0.15, -0.1) is 0 Å². The zero-order valence-electron chi connectivity index (χ0n) is 19.9. The standard InChI is InChI=1S/C26H37N5O2/c1-28-19-24(18-27-28)10-12-26(33)31-13-5-8-23(21-31)9-11-25(32)30-16-14-29(15-17-30)20-22-6-3-2-4-7-22/h2-4,6-7,18-19,23H,5,8-17,20-21H2,1H3/t23-/m0/s1. The van der Waals surface area contributed by atoms with E-state index >= 15 is 0 Å². The van der Waals surface area contributed by atoms with E-state index in [1.165, 1.54) is 5.56 Å². The molecule has 7 heteroatoms. The summed E-state index contributed by atoms with van der Waals surface area (Å²) in [6.45, 7) is 6.09. The van der Waals surface area contributed by atoms with Crippen LogP contribution < -0.4 is 0 Å². The van der Waals surface area contributed by atoms with E-state index in [-0.39, 0.29) is 11.8 Å². The lowest BCUT2D eigenvalue weighted by Gasteiger charge is -2.36. The largest absolute Gasteiger partial charge is 0.342 e. The van der Waals surface area contributed by atoms with Gasteiger partial charge in [-0.05, 0) is 42.7 Å². The summed E-state index contributed by atoms with van der Waals surface area (Å²) in [5, 5.41) is 4.17. The zero-order valence-corrected chi connectivity index (χ0v) is 19.9. The number of carbonyl (C=O) groups is 2. The molecule has 2 aliphatic heterocycles. The van der Waals surface area contributed by atoms with E-state index in [2.05, 4.69) is 34.3 Å². The molecule has 0 radical (unpaired) electrons. The number of likely N-dealkylation sites (tertiary alicyclic amines) is 1. The second-order valence-corrected chi connectivity index (χ2v) is 9.55. The van der Waals surface area contributed by atoms with Crippen molar-refractivity contribution >= 4 is 11.8 Å². The van der Waals surface area contributed by atoms with Crippen molar-refractivity contribution in [1.29, 1.82) is 0 Å². The van der Waals surface area contributed by atoms with Crippen molar-refractivity contribution in [3.63, 3.8) is 0 Å². The van der Waals surface area contributed by atoms with Gasteiger partial charge in [0.25, 0.3) is 0 Å². The van der Waals surface area contributed by atoms with E-state index < -0.39 is 0 Å². The number of carbonyl (C=O) groups excluding carboxylic acids is 2. The van der Waals surface area contributed by atoms with Gasteiger partial charge in [-0.1, -0.05) is 30.3 Å². The predicted octanol–water partition coefficient (Wildman–Crippen LogP) is 2.72. The van der Waals surface area contributed by atoms with E-state index in [4.69, 9.17) is 0 Å². The molecule has 4 rings (SSSR count). The molecule has 0 spiro atoms. The quantitative estimate of drug-likeness (QED) is 0.619. The Morgan fingerprint density at radius 3 is 2.42 bits per heavy atom. The first-order valence-electron chi connectivity index (χ1n) is 12.4. The lowest BCUT2D eigenvalue weighted by Crippen LogP contribution is -2.48.